The first-order valence-electron chi connectivity index (χ1n) is 7.61. The minimum atomic E-state index is -0.327. The average Bonchev–Trinajstić information content (AvgIpc) is 2.96. The number of carbonyl (C=O) groups is 2. The van der Waals surface area contributed by atoms with Crippen molar-refractivity contribution in [1.29, 1.82) is 0 Å². The monoisotopic (exact) mass is 306 g/mol. The van der Waals surface area contributed by atoms with E-state index in [1.807, 2.05) is 19.1 Å². The van der Waals surface area contributed by atoms with Gasteiger partial charge in [0, 0.05) is 31.6 Å². The van der Waals surface area contributed by atoms with Gasteiger partial charge in [-0.15, -0.1) is 0 Å². The number of aromatic nitrogens is 1. The Bertz CT molecular complexity index is 515. The van der Waals surface area contributed by atoms with Crippen molar-refractivity contribution in [3.8, 4) is 5.88 Å². The van der Waals surface area contributed by atoms with Crippen LogP contribution in [0, 0.1) is 6.92 Å². The molecule has 6 heteroatoms. The second-order valence-electron chi connectivity index (χ2n) is 5.35. The molecule has 0 aromatic carbocycles. The summed E-state index contributed by atoms with van der Waals surface area (Å²) in [5, 5.41) is 0. The van der Waals surface area contributed by atoms with Crippen molar-refractivity contribution in [3.63, 3.8) is 0 Å². The molecule has 0 radical (unpaired) electrons. The van der Waals surface area contributed by atoms with E-state index in [0.717, 1.165) is 12.0 Å². The van der Waals surface area contributed by atoms with Crippen molar-refractivity contribution in [3.05, 3.63) is 23.9 Å². The number of amides is 1. The van der Waals surface area contributed by atoms with Crippen LogP contribution in [0.15, 0.2) is 18.3 Å². The molecule has 1 fully saturated rings. The maximum absolute atomic E-state index is 12.0. The lowest BCUT2D eigenvalue weighted by Crippen LogP contribution is -2.31. The molecule has 120 valence electrons. The van der Waals surface area contributed by atoms with Crippen LogP contribution in [0.1, 0.15) is 31.7 Å². The molecule has 1 aromatic rings. The van der Waals surface area contributed by atoms with E-state index in [0.29, 0.717) is 25.6 Å². The van der Waals surface area contributed by atoms with E-state index in [-0.39, 0.29) is 30.8 Å². The Hall–Kier alpha value is -2.11. The molecule has 0 bridgehead atoms. The highest BCUT2D eigenvalue weighted by atomic mass is 16.5. The standard InChI is InChI=1S/C16H22N2O4/c1-3-21-16(20)7-6-15(19)18-9-8-13(11-18)22-14-5-4-12(2)10-17-14/h4-5,10,13H,3,6-9,11H2,1-2H3. The first-order valence-corrected chi connectivity index (χ1v) is 7.61. The fourth-order valence-electron chi connectivity index (χ4n) is 2.35. The molecule has 2 heterocycles. The number of hydrogen-bond acceptors (Lipinski definition) is 5. The first kappa shape index (κ1) is 16.3. The second-order valence-corrected chi connectivity index (χ2v) is 5.35. The van der Waals surface area contributed by atoms with E-state index in [2.05, 4.69) is 4.98 Å². The maximum atomic E-state index is 12.0. The molecule has 6 nitrogen and oxygen atoms in total. The minimum absolute atomic E-state index is 0.0315. The summed E-state index contributed by atoms with van der Waals surface area (Å²) in [4.78, 5) is 29.3. The highest BCUT2D eigenvalue weighted by molar-refractivity contribution is 5.81. The van der Waals surface area contributed by atoms with E-state index < -0.39 is 0 Å². The van der Waals surface area contributed by atoms with E-state index in [4.69, 9.17) is 9.47 Å². The molecular formula is C16H22N2O4. The number of pyridine rings is 1. The van der Waals surface area contributed by atoms with E-state index in [9.17, 15) is 9.59 Å². The minimum Gasteiger partial charge on any atom is -0.472 e. The van der Waals surface area contributed by atoms with Crippen molar-refractivity contribution >= 4 is 11.9 Å². The number of ether oxygens (including phenoxy) is 2. The molecule has 1 saturated heterocycles. The zero-order valence-corrected chi connectivity index (χ0v) is 13.1. The van der Waals surface area contributed by atoms with Crippen molar-refractivity contribution in [2.45, 2.75) is 39.2 Å². The summed E-state index contributed by atoms with van der Waals surface area (Å²) in [6.45, 7) is 5.25. The summed E-state index contributed by atoms with van der Waals surface area (Å²) in [6, 6.07) is 3.78. The Morgan fingerprint density at radius 2 is 2.18 bits per heavy atom. The topological polar surface area (TPSA) is 68.7 Å². The summed E-state index contributed by atoms with van der Waals surface area (Å²) in [5.74, 6) is 0.221. The number of aryl methyl sites for hydroxylation is 1. The van der Waals surface area contributed by atoms with E-state index >= 15 is 0 Å². The van der Waals surface area contributed by atoms with Gasteiger partial charge in [-0.05, 0) is 19.4 Å². The van der Waals surface area contributed by atoms with Gasteiger partial charge in [0.15, 0.2) is 0 Å². The van der Waals surface area contributed by atoms with Crippen LogP contribution in [0.4, 0.5) is 0 Å². The van der Waals surface area contributed by atoms with E-state index in [1.54, 1.807) is 18.0 Å². The van der Waals surface area contributed by atoms with Crippen LogP contribution in [0.3, 0.4) is 0 Å². The molecule has 1 aliphatic heterocycles. The SMILES string of the molecule is CCOC(=O)CCC(=O)N1CCC(Oc2ccc(C)cn2)C1. The van der Waals surface area contributed by atoms with Crippen LogP contribution in [0.2, 0.25) is 0 Å². The van der Waals surface area contributed by atoms with Crippen LogP contribution in [-0.4, -0.2) is 47.6 Å². The zero-order chi connectivity index (χ0) is 15.9. The van der Waals surface area contributed by atoms with Crippen LogP contribution in [-0.2, 0) is 14.3 Å². The average molecular weight is 306 g/mol. The Balaban J connectivity index is 1.76. The van der Waals surface area contributed by atoms with Gasteiger partial charge in [0.2, 0.25) is 11.8 Å². The van der Waals surface area contributed by atoms with Crippen LogP contribution >= 0.6 is 0 Å². The molecule has 0 saturated carbocycles. The van der Waals surface area contributed by atoms with Gasteiger partial charge in [0.1, 0.15) is 6.10 Å². The summed E-state index contributed by atoms with van der Waals surface area (Å²) in [6.07, 6.45) is 2.82. The van der Waals surface area contributed by atoms with Gasteiger partial charge in [-0.2, -0.15) is 0 Å². The quantitative estimate of drug-likeness (QED) is 0.748. The lowest BCUT2D eigenvalue weighted by Gasteiger charge is -2.16. The Morgan fingerprint density at radius 1 is 1.36 bits per heavy atom. The van der Waals surface area contributed by atoms with E-state index in [1.165, 1.54) is 0 Å². The number of esters is 1. The molecule has 1 unspecified atom stereocenters. The molecule has 1 aromatic heterocycles. The largest absolute Gasteiger partial charge is 0.472 e. The number of carbonyl (C=O) groups excluding carboxylic acids is 2. The predicted molar refractivity (Wildman–Crippen MR) is 80.5 cm³/mol. The Labute approximate surface area is 130 Å². The zero-order valence-electron chi connectivity index (χ0n) is 13.1. The van der Waals surface area contributed by atoms with Crippen molar-refractivity contribution < 1.29 is 19.1 Å². The molecular weight excluding hydrogens is 284 g/mol. The number of likely N-dealkylation sites (tertiary alicyclic amines) is 1. The predicted octanol–water partition coefficient (Wildman–Crippen LogP) is 1.71. The molecule has 2 rings (SSSR count). The number of rotatable bonds is 6. The third kappa shape index (κ3) is 4.72. The molecule has 0 N–H and O–H groups in total. The fourth-order valence-corrected chi connectivity index (χ4v) is 2.35. The molecule has 1 atom stereocenters. The van der Waals surface area contributed by atoms with Crippen LogP contribution in [0.25, 0.3) is 0 Å². The smallest absolute Gasteiger partial charge is 0.306 e. The summed E-state index contributed by atoms with van der Waals surface area (Å²) < 4.78 is 10.6. The number of hydrogen-bond donors (Lipinski definition) is 0. The van der Waals surface area contributed by atoms with Gasteiger partial charge in [0.05, 0.1) is 19.6 Å². The summed E-state index contributed by atoms with van der Waals surface area (Å²) in [7, 11) is 0. The molecule has 0 aliphatic carbocycles. The van der Waals surface area contributed by atoms with Gasteiger partial charge in [-0.25, -0.2) is 4.98 Å². The normalized spacial score (nSPS) is 17.4. The van der Waals surface area contributed by atoms with Crippen molar-refractivity contribution in [1.82, 2.24) is 9.88 Å². The third-order valence-corrected chi connectivity index (χ3v) is 3.52. The van der Waals surface area contributed by atoms with Crippen molar-refractivity contribution in [2.24, 2.45) is 0 Å². The molecule has 0 spiro atoms. The Kier molecular flexibility index (Phi) is 5.75. The lowest BCUT2D eigenvalue weighted by molar-refractivity contribution is -0.145. The highest BCUT2D eigenvalue weighted by Crippen LogP contribution is 2.17. The van der Waals surface area contributed by atoms with Gasteiger partial charge in [-0.3, -0.25) is 9.59 Å². The first-order chi connectivity index (χ1) is 10.6. The van der Waals surface area contributed by atoms with Gasteiger partial charge >= 0.3 is 5.97 Å². The molecule has 1 amide bonds. The number of nitrogens with zero attached hydrogens (tertiary/aromatic N) is 2. The molecule has 22 heavy (non-hydrogen) atoms. The highest BCUT2D eigenvalue weighted by Gasteiger charge is 2.27. The van der Waals surface area contributed by atoms with Gasteiger partial charge < -0.3 is 14.4 Å². The second kappa shape index (κ2) is 7.77. The van der Waals surface area contributed by atoms with Crippen LogP contribution < -0.4 is 4.74 Å². The van der Waals surface area contributed by atoms with Gasteiger partial charge in [-0.1, -0.05) is 6.07 Å². The maximum Gasteiger partial charge on any atom is 0.306 e. The molecule has 1 aliphatic rings. The van der Waals surface area contributed by atoms with Gasteiger partial charge in [0.25, 0.3) is 0 Å². The fraction of sp³-hybridized carbons (Fsp3) is 0.562. The lowest BCUT2D eigenvalue weighted by atomic mass is 10.3. The summed E-state index contributed by atoms with van der Waals surface area (Å²) >= 11 is 0. The summed E-state index contributed by atoms with van der Waals surface area (Å²) in [5.41, 5.74) is 1.08. The van der Waals surface area contributed by atoms with Crippen molar-refractivity contribution in [2.75, 3.05) is 19.7 Å². The Morgan fingerprint density at radius 3 is 2.86 bits per heavy atom. The third-order valence-electron chi connectivity index (χ3n) is 3.52. The van der Waals surface area contributed by atoms with Crippen LogP contribution in [0.5, 0.6) is 5.88 Å².